The van der Waals surface area contributed by atoms with Gasteiger partial charge in [0.25, 0.3) is 0 Å². The lowest BCUT2D eigenvalue weighted by Crippen LogP contribution is -2.27. The number of fused-ring (bicyclic) bond motifs is 8. The fourth-order valence-electron chi connectivity index (χ4n) is 8.14. The van der Waals surface area contributed by atoms with Crippen molar-refractivity contribution in [1.29, 1.82) is 0 Å². The van der Waals surface area contributed by atoms with E-state index in [0.717, 1.165) is 66.9 Å². The fourth-order valence-corrected chi connectivity index (χ4v) is 8.14. The second-order valence-corrected chi connectivity index (χ2v) is 13.6. The van der Waals surface area contributed by atoms with E-state index < -0.39 is 0 Å². The molecule has 2 aromatic heterocycles. The molecule has 1 N–H and O–H groups in total. The summed E-state index contributed by atoms with van der Waals surface area (Å²) in [6, 6.07) is 60.1. The first-order chi connectivity index (χ1) is 25.8. The van der Waals surface area contributed by atoms with Gasteiger partial charge in [0.1, 0.15) is 11.4 Å². The Balaban J connectivity index is 1.18. The molecule has 11 rings (SSSR count). The second-order valence-electron chi connectivity index (χ2n) is 13.6. The maximum Gasteiger partial charge on any atom is 0.159 e. The molecule has 0 bridgehead atoms. The van der Waals surface area contributed by atoms with E-state index in [-0.39, 0.29) is 6.04 Å². The summed E-state index contributed by atoms with van der Waals surface area (Å²) >= 11 is 0. The number of para-hydroxylation sites is 2. The lowest BCUT2D eigenvalue weighted by atomic mass is 9.95. The van der Waals surface area contributed by atoms with Crippen molar-refractivity contribution in [3.63, 3.8) is 0 Å². The van der Waals surface area contributed by atoms with Crippen molar-refractivity contribution in [3.8, 4) is 5.69 Å². The molecule has 0 spiro atoms. The molecule has 8 aromatic carbocycles. The summed E-state index contributed by atoms with van der Waals surface area (Å²) in [5.41, 5.74) is 9.31. The molecule has 4 nitrogen and oxygen atoms in total. The van der Waals surface area contributed by atoms with Crippen LogP contribution in [0.3, 0.4) is 0 Å². The predicted molar refractivity (Wildman–Crippen MR) is 216 cm³/mol. The number of nitrogens with one attached hydrogen (secondary N) is 1. The summed E-state index contributed by atoms with van der Waals surface area (Å²) in [6.07, 6.45) is 2.26. The van der Waals surface area contributed by atoms with Crippen molar-refractivity contribution in [3.05, 3.63) is 193 Å². The third-order valence-electron chi connectivity index (χ3n) is 10.6. The zero-order valence-electron chi connectivity index (χ0n) is 28.1. The maximum atomic E-state index is 6.89. The molecule has 1 atom stereocenters. The summed E-state index contributed by atoms with van der Waals surface area (Å²) in [6.45, 7) is 0. The number of hydrogen-bond donors (Lipinski definition) is 1. The van der Waals surface area contributed by atoms with Crippen molar-refractivity contribution in [1.82, 2.24) is 9.88 Å². The van der Waals surface area contributed by atoms with Crippen LogP contribution in [0.25, 0.3) is 76.7 Å². The largest absolute Gasteiger partial charge is 0.454 e. The Kier molecular flexibility index (Phi) is 6.28. The lowest BCUT2D eigenvalue weighted by molar-refractivity contribution is 0.666. The van der Waals surface area contributed by atoms with Gasteiger partial charge in [0, 0.05) is 32.8 Å². The molecule has 0 saturated heterocycles. The van der Waals surface area contributed by atoms with Gasteiger partial charge in [-0.15, -0.1) is 0 Å². The van der Waals surface area contributed by atoms with Crippen LogP contribution in [0.4, 0.5) is 0 Å². The number of hydrogen-bond acceptors (Lipinski definition) is 3. The van der Waals surface area contributed by atoms with Crippen LogP contribution in [0.5, 0.6) is 0 Å². The number of aliphatic imine (C=N–C) groups is 1. The lowest BCUT2D eigenvalue weighted by Gasteiger charge is -2.24. The molecule has 0 radical (unpaired) electrons. The van der Waals surface area contributed by atoms with Gasteiger partial charge < -0.3 is 14.3 Å². The number of rotatable bonds is 4. The maximum absolute atomic E-state index is 6.89. The standard InChI is InChI=1S/C48H31N3O/c1-2-13-31(14-3-1)48-49-40(35-23-22-30-12-4-5-15-32(30)26-35)29-41(50-48)37-24-25-43(47-46(37)38-19-9-11-21-45(38)52-47)51-42-20-10-8-18-36(42)39-27-33-16-6-7-17-34(33)28-44(39)51/h1-29,41H,(H,49,50). The molecule has 3 heterocycles. The second kappa shape index (κ2) is 11.3. The average Bonchev–Trinajstić information content (AvgIpc) is 3.76. The van der Waals surface area contributed by atoms with Gasteiger partial charge in [0.2, 0.25) is 0 Å². The number of aromatic nitrogens is 1. The Labute approximate surface area is 299 Å². The van der Waals surface area contributed by atoms with Crippen LogP contribution in [0, 0.1) is 0 Å². The van der Waals surface area contributed by atoms with Gasteiger partial charge in [0.05, 0.1) is 22.8 Å². The van der Waals surface area contributed by atoms with Crippen molar-refractivity contribution >= 4 is 76.8 Å². The van der Waals surface area contributed by atoms with Gasteiger partial charge >= 0.3 is 0 Å². The SMILES string of the molecule is C1=C(c2ccc3ccccc3c2)NC(c2ccccc2)=NC1c1ccc(-n2c3ccccc3c3cc4ccccc4cc32)c2oc3ccccc3c12. The molecule has 0 amide bonds. The van der Waals surface area contributed by atoms with E-state index in [1.54, 1.807) is 0 Å². The minimum atomic E-state index is -0.266. The van der Waals surface area contributed by atoms with Crippen molar-refractivity contribution in [2.45, 2.75) is 6.04 Å². The molecule has 10 aromatic rings. The molecule has 4 heteroatoms. The van der Waals surface area contributed by atoms with E-state index in [1.807, 2.05) is 12.1 Å². The Morgan fingerprint density at radius 1 is 0.519 bits per heavy atom. The molecule has 0 saturated carbocycles. The summed E-state index contributed by atoms with van der Waals surface area (Å²) in [5, 5.41) is 13.2. The Morgan fingerprint density at radius 2 is 1.21 bits per heavy atom. The minimum absolute atomic E-state index is 0.266. The third-order valence-corrected chi connectivity index (χ3v) is 10.6. The molecule has 1 aliphatic heterocycles. The topological polar surface area (TPSA) is 42.5 Å². The number of benzene rings is 8. The monoisotopic (exact) mass is 665 g/mol. The van der Waals surface area contributed by atoms with E-state index in [9.17, 15) is 0 Å². The molecule has 1 unspecified atom stereocenters. The minimum Gasteiger partial charge on any atom is -0.454 e. The van der Waals surface area contributed by atoms with Crippen molar-refractivity contribution in [2.75, 3.05) is 0 Å². The number of furan rings is 1. The van der Waals surface area contributed by atoms with Crippen LogP contribution in [0.2, 0.25) is 0 Å². The highest BCUT2D eigenvalue weighted by atomic mass is 16.3. The van der Waals surface area contributed by atoms with Crippen LogP contribution in [0.15, 0.2) is 185 Å². The van der Waals surface area contributed by atoms with Gasteiger partial charge in [0.15, 0.2) is 5.58 Å². The Morgan fingerprint density at radius 3 is 2.06 bits per heavy atom. The first-order valence-corrected chi connectivity index (χ1v) is 17.7. The Hall–Kier alpha value is -6.91. The predicted octanol–water partition coefficient (Wildman–Crippen LogP) is 12.1. The number of nitrogens with zero attached hydrogens (tertiary/aromatic N) is 2. The zero-order chi connectivity index (χ0) is 34.2. The van der Waals surface area contributed by atoms with E-state index >= 15 is 0 Å². The van der Waals surface area contributed by atoms with Gasteiger partial charge in [-0.3, -0.25) is 4.99 Å². The highest BCUT2D eigenvalue weighted by Crippen LogP contribution is 2.43. The smallest absolute Gasteiger partial charge is 0.159 e. The first-order valence-electron chi connectivity index (χ1n) is 17.7. The highest BCUT2D eigenvalue weighted by Gasteiger charge is 2.26. The van der Waals surface area contributed by atoms with Gasteiger partial charge in [-0.05, 0) is 75.1 Å². The molecule has 244 valence electrons. The summed E-state index contributed by atoms with van der Waals surface area (Å²) < 4.78 is 9.27. The van der Waals surface area contributed by atoms with Crippen molar-refractivity contribution in [2.24, 2.45) is 4.99 Å². The number of amidine groups is 1. The normalized spacial score (nSPS) is 14.7. The van der Waals surface area contributed by atoms with Crippen molar-refractivity contribution < 1.29 is 4.42 Å². The molecule has 0 aliphatic carbocycles. The van der Waals surface area contributed by atoms with Crippen LogP contribution in [-0.4, -0.2) is 10.4 Å². The molecule has 0 fully saturated rings. The molecular weight excluding hydrogens is 635 g/mol. The summed E-state index contributed by atoms with van der Waals surface area (Å²) in [5.74, 6) is 0.843. The van der Waals surface area contributed by atoms with Crippen LogP contribution in [0.1, 0.15) is 22.7 Å². The van der Waals surface area contributed by atoms with E-state index in [1.165, 1.54) is 32.3 Å². The first kappa shape index (κ1) is 28.9. The van der Waals surface area contributed by atoms with Crippen LogP contribution < -0.4 is 5.32 Å². The zero-order valence-corrected chi connectivity index (χ0v) is 28.1. The highest BCUT2D eigenvalue weighted by molar-refractivity contribution is 6.16. The van der Waals surface area contributed by atoms with Gasteiger partial charge in [-0.25, -0.2) is 0 Å². The average molecular weight is 666 g/mol. The summed E-state index contributed by atoms with van der Waals surface area (Å²) in [4.78, 5) is 5.40. The van der Waals surface area contributed by atoms with Crippen LogP contribution in [-0.2, 0) is 0 Å². The van der Waals surface area contributed by atoms with Gasteiger partial charge in [-0.1, -0.05) is 133 Å². The quantitative estimate of drug-likeness (QED) is 0.203. The molecule has 1 aliphatic rings. The third kappa shape index (κ3) is 4.44. The van der Waals surface area contributed by atoms with Gasteiger partial charge in [-0.2, -0.15) is 0 Å². The van der Waals surface area contributed by atoms with Crippen LogP contribution >= 0.6 is 0 Å². The fraction of sp³-hybridized carbons (Fsp3) is 0.0208. The van der Waals surface area contributed by atoms with E-state index in [2.05, 4.69) is 174 Å². The Bertz CT molecular complexity index is 3110. The summed E-state index contributed by atoms with van der Waals surface area (Å²) in [7, 11) is 0. The molecule has 52 heavy (non-hydrogen) atoms. The van der Waals surface area contributed by atoms with E-state index in [0.29, 0.717) is 0 Å². The molecular formula is C48H31N3O. The van der Waals surface area contributed by atoms with E-state index in [4.69, 9.17) is 9.41 Å².